The van der Waals surface area contributed by atoms with Gasteiger partial charge in [0.05, 0.1) is 6.10 Å². The normalized spacial score (nSPS) is 12.2. The Bertz CT molecular complexity index is 549. The van der Waals surface area contributed by atoms with Crippen molar-refractivity contribution < 1.29 is 5.11 Å². The zero-order valence-corrected chi connectivity index (χ0v) is 12.4. The molecule has 20 heavy (non-hydrogen) atoms. The number of aliphatic hydroxyl groups is 1. The van der Waals surface area contributed by atoms with E-state index in [-0.39, 0.29) is 0 Å². The van der Waals surface area contributed by atoms with Gasteiger partial charge in [-0.15, -0.1) is 0 Å². The van der Waals surface area contributed by atoms with Gasteiger partial charge in [-0.25, -0.2) is 0 Å². The topological polar surface area (TPSA) is 36.4 Å². The van der Waals surface area contributed by atoms with E-state index in [1.54, 1.807) is 0 Å². The Balaban J connectivity index is 2.10. The molecule has 1 heterocycles. The van der Waals surface area contributed by atoms with Crippen LogP contribution in [0.25, 0.3) is 0 Å². The predicted molar refractivity (Wildman–Crippen MR) is 83.0 cm³/mol. The molecule has 0 bridgehead atoms. The molecule has 106 valence electrons. The smallest absolute Gasteiger partial charge is 0.0846 e. The first-order valence-corrected chi connectivity index (χ1v) is 6.99. The Hall–Kier alpha value is -1.87. The summed E-state index contributed by atoms with van der Waals surface area (Å²) in [5.74, 6) is 0. The maximum absolute atomic E-state index is 10.3. The first kappa shape index (κ1) is 14.5. The van der Waals surface area contributed by atoms with Crippen LogP contribution in [0.3, 0.4) is 0 Å². The second kappa shape index (κ2) is 6.53. The summed E-state index contributed by atoms with van der Waals surface area (Å²) in [7, 11) is 3.99. The molecular weight excluding hydrogens is 248 g/mol. The minimum atomic E-state index is -0.519. The lowest BCUT2D eigenvalue weighted by atomic mass is 10.0. The lowest BCUT2D eigenvalue weighted by Crippen LogP contribution is -2.10. The molecule has 1 unspecified atom stereocenters. The summed E-state index contributed by atoms with van der Waals surface area (Å²) < 4.78 is 0. The fraction of sp³-hybridized carbons (Fsp3) is 0.353. The SMILES string of the molecule is CCc1ccc(CC(O)c2cccc(N(C)C)c2)nc1. The maximum Gasteiger partial charge on any atom is 0.0846 e. The van der Waals surface area contributed by atoms with Gasteiger partial charge < -0.3 is 10.0 Å². The van der Waals surface area contributed by atoms with Crippen LogP contribution in [-0.4, -0.2) is 24.2 Å². The van der Waals surface area contributed by atoms with Crippen LogP contribution in [-0.2, 0) is 12.8 Å². The second-order valence-corrected chi connectivity index (χ2v) is 5.22. The summed E-state index contributed by atoms with van der Waals surface area (Å²) in [6.07, 6.45) is 2.90. The number of aliphatic hydroxyl groups excluding tert-OH is 1. The standard InChI is InChI=1S/C17H22N2O/c1-4-13-8-9-15(18-12-13)11-17(20)14-6-5-7-16(10-14)19(2)3/h5-10,12,17,20H,4,11H2,1-3H3. The van der Waals surface area contributed by atoms with Gasteiger partial charge in [0.15, 0.2) is 0 Å². The summed E-state index contributed by atoms with van der Waals surface area (Å²) in [5, 5.41) is 10.3. The molecule has 0 fully saturated rings. The number of hydrogen-bond acceptors (Lipinski definition) is 3. The van der Waals surface area contributed by atoms with Crippen molar-refractivity contribution in [3.8, 4) is 0 Å². The minimum absolute atomic E-state index is 0.519. The van der Waals surface area contributed by atoms with Gasteiger partial charge in [-0.1, -0.05) is 25.1 Å². The summed E-state index contributed by atoms with van der Waals surface area (Å²) in [6.45, 7) is 2.11. The lowest BCUT2D eigenvalue weighted by molar-refractivity contribution is 0.177. The molecule has 1 aromatic carbocycles. The van der Waals surface area contributed by atoms with Crippen LogP contribution in [0.4, 0.5) is 5.69 Å². The van der Waals surface area contributed by atoms with E-state index in [2.05, 4.69) is 18.0 Å². The number of hydrogen-bond donors (Lipinski definition) is 1. The molecule has 0 radical (unpaired) electrons. The lowest BCUT2D eigenvalue weighted by Gasteiger charge is -2.16. The summed E-state index contributed by atoms with van der Waals surface area (Å²) >= 11 is 0. The molecule has 1 aromatic heterocycles. The number of rotatable bonds is 5. The summed E-state index contributed by atoms with van der Waals surface area (Å²) in [4.78, 5) is 6.43. The molecule has 3 heteroatoms. The average Bonchev–Trinajstić information content (AvgIpc) is 2.48. The third-order valence-electron chi connectivity index (χ3n) is 3.47. The van der Waals surface area contributed by atoms with Gasteiger partial charge in [-0.3, -0.25) is 4.98 Å². The van der Waals surface area contributed by atoms with Crippen LogP contribution in [0.15, 0.2) is 42.6 Å². The Morgan fingerprint density at radius 3 is 2.60 bits per heavy atom. The van der Waals surface area contributed by atoms with E-state index >= 15 is 0 Å². The summed E-state index contributed by atoms with van der Waals surface area (Å²) in [5.41, 5.74) is 4.16. The molecule has 0 aliphatic carbocycles. The van der Waals surface area contributed by atoms with Crippen molar-refractivity contribution in [1.29, 1.82) is 0 Å². The third kappa shape index (κ3) is 3.58. The monoisotopic (exact) mass is 270 g/mol. The molecule has 0 aliphatic heterocycles. The average molecular weight is 270 g/mol. The Morgan fingerprint density at radius 1 is 1.20 bits per heavy atom. The maximum atomic E-state index is 10.3. The van der Waals surface area contributed by atoms with Crippen LogP contribution in [0.5, 0.6) is 0 Å². The van der Waals surface area contributed by atoms with Crippen molar-refractivity contribution in [3.05, 3.63) is 59.4 Å². The molecule has 1 atom stereocenters. The first-order valence-electron chi connectivity index (χ1n) is 6.99. The van der Waals surface area contributed by atoms with Gasteiger partial charge in [0.25, 0.3) is 0 Å². The largest absolute Gasteiger partial charge is 0.388 e. The molecule has 2 rings (SSSR count). The highest BCUT2D eigenvalue weighted by atomic mass is 16.3. The summed E-state index contributed by atoms with van der Waals surface area (Å²) in [6, 6.07) is 12.1. The third-order valence-corrected chi connectivity index (χ3v) is 3.47. The van der Waals surface area contributed by atoms with Crippen molar-refractivity contribution in [1.82, 2.24) is 4.98 Å². The zero-order valence-electron chi connectivity index (χ0n) is 12.4. The second-order valence-electron chi connectivity index (χ2n) is 5.22. The number of pyridine rings is 1. The highest BCUT2D eigenvalue weighted by molar-refractivity contribution is 5.47. The van der Waals surface area contributed by atoms with Gasteiger partial charge in [-0.05, 0) is 35.7 Å². The van der Waals surface area contributed by atoms with E-state index in [0.29, 0.717) is 6.42 Å². The fourth-order valence-corrected chi connectivity index (χ4v) is 2.11. The highest BCUT2D eigenvalue weighted by Crippen LogP contribution is 2.22. The van der Waals surface area contributed by atoms with Crippen LogP contribution >= 0.6 is 0 Å². The van der Waals surface area contributed by atoms with Crippen molar-refractivity contribution in [2.24, 2.45) is 0 Å². The number of aryl methyl sites for hydroxylation is 1. The van der Waals surface area contributed by atoms with E-state index in [1.165, 1.54) is 5.56 Å². The van der Waals surface area contributed by atoms with Gasteiger partial charge in [0.2, 0.25) is 0 Å². The number of nitrogens with zero attached hydrogens (tertiary/aromatic N) is 2. The molecular formula is C17H22N2O. The predicted octanol–water partition coefficient (Wildman–Crippen LogP) is 2.99. The van der Waals surface area contributed by atoms with E-state index in [0.717, 1.165) is 23.4 Å². The van der Waals surface area contributed by atoms with Crippen LogP contribution in [0, 0.1) is 0 Å². The van der Waals surface area contributed by atoms with E-state index in [1.807, 2.05) is 55.5 Å². The minimum Gasteiger partial charge on any atom is -0.388 e. The zero-order chi connectivity index (χ0) is 14.5. The molecule has 0 saturated carbocycles. The number of anilines is 1. The van der Waals surface area contributed by atoms with E-state index in [4.69, 9.17) is 0 Å². The fourth-order valence-electron chi connectivity index (χ4n) is 2.11. The molecule has 0 spiro atoms. The van der Waals surface area contributed by atoms with Gasteiger partial charge in [0, 0.05) is 38.1 Å². The Morgan fingerprint density at radius 2 is 2.00 bits per heavy atom. The highest BCUT2D eigenvalue weighted by Gasteiger charge is 2.10. The van der Waals surface area contributed by atoms with Crippen molar-refractivity contribution in [2.45, 2.75) is 25.9 Å². The molecule has 0 saturated heterocycles. The Kier molecular flexibility index (Phi) is 4.74. The van der Waals surface area contributed by atoms with Gasteiger partial charge in [-0.2, -0.15) is 0 Å². The van der Waals surface area contributed by atoms with Gasteiger partial charge >= 0.3 is 0 Å². The number of benzene rings is 1. The van der Waals surface area contributed by atoms with Crippen LogP contribution < -0.4 is 4.90 Å². The van der Waals surface area contributed by atoms with E-state index < -0.39 is 6.10 Å². The van der Waals surface area contributed by atoms with Gasteiger partial charge in [0.1, 0.15) is 0 Å². The first-order chi connectivity index (χ1) is 9.60. The quantitative estimate of drug-likeness (QED) is 0.907. The van der Waals surface area contributed by atoms with E-state index in [9.17, 15) is 5.11 Å². The molecule has 2 aromatic rings. The van der Waals surface area contributed by atoms with Crippen molar-refractivity contribution in [2.75, 3.05) is 19.0 Å². The molecule has 0 aliphatic rings. The Labute approximate surface area is 120 Å². The number of aromatic nitrogens is 1. The molecule has 0 amide bonds. The van der Waals surface area contributed by atoms with Crippen LogP contribution in [0.1, 0.15) is 29.8 Å². The molecule has 1 N–H and O–H groups in total. The van der Waals surface area contributed by atoms with Crippen molar-refractivity contribution in [3.63, 3.8) is 0 Å². The molecule has 3 nitrogen and oxygen atoms in total. The van der Waals surface area contributed by atoms with Crippen LogP contribution in [0.2, 0.25) is 0 Å². The van der Waals surface area contributed by atoms with Crippen molar-refractivity contribution >= 4 is 5.69 Å².